The predicted molar refractivity (Wildman–Crippen MR) is 71.6 cm³/mol. The summed E-state index contributed by atoms with van der Waals surface area (Å²) < 4.78 is 0.867. The van der Waals surface area contributed by atoms with Crippen molar-refractivity contribution in [3.05, 3.63) is 34.0 Å². The lowest BCUT2D eigenvalue weighted by Crippen LogP contribution is -2.13. The number of nitrogens with zero attached hydrogens (tertiary/aromatic N) is 2. The van der Waals surface area contributed by atoms with Crippen LogP contribution in [0.3, 0.4) is 0 Å². The molecule has 2 aromatic heterocycles. The molecule has 0 aliphatic carbocycles. The number of hydrogen-bond acceptors (Lipinski definition) is 5. The molecular formula is C10H9BrN4OS. The van der Waals surface area contributed by atoms with E-state index in [-0.39, 0.29) is 5.91 Å². The van der Waals surface area contributed by atoms with Crippen molar-refractivity contribution in [2.24, 2.45) is 0 Å². The highest BCUT2D eigenvalue weighted by molar-refractivity contribution is 9.11. The maximum atomic E-state index is 11.8. The van der Waals surface area contributed by atoms with Crippen molar-refractivity contribution in [3.8, 4) is 0 Å². The van der Waals surface area contributed by atoms with Gasteiger partial charge in [0, 0.05) is 7.05 Å². The topological polar surface area (TPSA) is 66.9 Å². The Bertz CT molecular complexity index is 525. The smallest absolute Gasteiger partial charge is 0.276 e. The van der Waals surface area contributed by atoms with Crippen LogP contribution in [0.25, 0.3) is 0 Å². The molecule has 0 saturated heterocycles. The van der Waals surface area contributed by atoms with Gasteiger partial charge in [0.05, 0.1) is 21.9 Å². The fourth-order valence-electron chi connectivity index (χ4n) is 1.15. The van der Waals surface area contributed by atoms with E-state index < -0.39 is 0 Å². The number of nitrogens with one attached hydrogen (secondary N) is 2. The van der Waals surface area contributed by atoms with E-state index in [9.17, 15) is 4.79 Å². The Labute approximate surface area is 110 Å². The van der Waals surface area contributed by atoms with Gasteiger partial charge in [-0.05, 0) is 28.1 Å². The highest BCUT2D eigenvalue weighted by atomic mass is 79.9. The average molecular weight is 313 g/mol. The third-order valence-corrected chi connectivity index (χ3v) is 3.37. The SMILES string of the molecule is CNc1ccc(C(=O)Nc2ncc(Br)s2)nc1. The van der Waals surface area contributed by atoms with Crippen molar-refractivity contribution >= 4 is 44.0 Å². The van der Waals surface area contributed by atoms with Crippen LogP contribution in [0.1, 0.15) is 10.5 Å². The molecule has 0 aliphatic heterocycles. The Balaban J connectivity index is 2.09. The van der Waals surface area contributed by atoms with Gasteiger partial charge in [0.2, 0.25) is 0 Å². The second-order valence-corrected chi connectivity index (χ2v) is 5.52. The predicted octanol–water partition coefficient (Wildman–Crippen LogP) is 2.59. The van der Waals surface area contributed by atoms with Crippen LogP contribution >= 0.6 is 27.3 Å². The molecule has 2 rings (SSSR count). The van der Waals surface area contributed by atoms with Gasteiger partial charge in [0.1, 0.15) is 5.69 Å². The van der Waals surface area contributed by atoms with E-state index in [1.165, 1.54) is 11.3 Å². The number of aromatic nitrogens is 2. The Morgan fingerprint density at radius 3 is 2.71 bits per heavy atom. The van der Waals surface area contributed by atoms with Crippen molar-refractivity contribution in [1.29, 1.82) is 0 Å². The van der Waals surface area contributed by atoms with Crippen LogP contribution in [0.2, 0.25) is 0 Å². The molecule has 0 spiro atoms. The number of carbonyl (C=O) groups is 1. The van der Waals surface area contributed by atoms with Gasteiger partial charge in [-0.15, -0.1) is 0 Å². The third kappa shape index (κ3) is 3.01. The minimum atomic E-state index is -0.269. The Hall–Kier alpha value is -1.47. The summed E-state index contributed by atoms with van der Waals surface area (Å²) in [6.07, 6.45) is 3.24. The molecule has 0 aliphatic rings. The van der Waals surface area contributed by atoms with Gasteiger partial charge in [-0.2, -0.15) is 0 Å². The first kappa shape index (κ1) is 12.0. The molecule has 0 unspecified atom stereocenters. The third-order valence-electron chi connectivity index (χ3n) is 1.98. The first-order valence-corrected chi connectivity index (χ1v) is 6.36. The Morgan fingerprint density at radius 1 is 1.35 bits per heavy atom. The van der Waals surface area contributed by atoms with Gasteiger partial charge in [-0.1, -0.05) is 11.3 Å². The summed E-state index contributed by atoms with van der Waals surface area (Å²) in [4.78, 5) is 19.8. The van der Waals surface area contributed by atoms with Crippen LogP contribution in [-0.2, 0) is 0 Å². The van der Waals surface area contributed by atoms with Crippen LogP contribution in [0.4, 0.5) is 10.8 Å². The maximum absolute atomic E-state index is 11.8. The lowest BCUT2D eigenvalue weighted by molar-refractivity contribution is 0.102. The molecule has 2 aromatic rings. The molecule has 1 amide bonds. The molecule has 0 fully saturated rings. The molecule has 0 radical (unpaired) electrons. The molecular weight excluding hydrogens is 304 g/mol. The summed E-state index contributed by atoms with van der Waals surface area (Å²) in [6, 6.07) is 3.45. The van der Waals surface area contributed by atoms with Crippen molar-refractivity contribution in [3.63, 3.8) is 0 Å². The van der Waals surface area contributed by atoms with E-state index in [0.29, 0.717) is 10.8 Å². The van der Waals surface area contributed by atoms with Crippen LogP contribution in [-0.4, -0.2) is 22.9 Å². The largest absolute Gasteiger partial charge is 0.387 e. The average Bonchev–Trinajstić information content (AvgIpc) is 2.75. The molecule has 2 N–H and O–H groups in total. The highest BCUT2D eigenvalue weighted by Gasteiger charge is 2.09. The Kier molecular flexibility index (Phi) is 3.70. The summed E-state index contributed by atoms with van der Waals surface area (Å²) in [6.45, 7) is 0. The molecule has 7 heteroatoms. The maximum Gasteiger partial charge on any atom is 0.276 e. The summed E-state index contributed by atoms with van der Waals surface area (Å²) in [5, 5.41) is 6.15. The zero-order valence-electron chi connectivity index (χ0n) is 8.90. The number of carbonyl (C=O) groups excluding carboxylic acids is 1. The number of thiazole rings is 1. The van der Waals surface area contributed by atoms with Crippen molar-refractivity contribution in [2.45, 2.75) is 0 Å². The van der Waals surface area contributed by atoms with Crippen molar-refractivity contribution in [2.75, 3.05) is 17.7 Å². The van der Waals surface area contributed by atoms with Gasteiger partial charge in [0.25, 0.3) is 5.91 Å². The fourth-order valence-corrected chi connectivity index (χ4v) is 2.25. The fraction of sp³-hybridized carbons (Fsp3) is 0.100. The van der Waals surface area contributed by atoms with Gasteiger partial charge in [-0.25, -0.2) is 9.97 Å². The lowest BCUT2D eigenvalue weighted by Gasteiger charge is -2.02. The summed E-state index contributed by atoms with van der Waals surface area (Å²) in [7, 11) is 1.80. The number of halogens is 1. The van der Waals surface area contributed by atoms with E-state index in [0.717, 1.165) is 9.47 Å². The number of hydrogen-bond donors (Lipinski definition) is 2. The quantitative estimate of drug-likeness (QED) is 0.914. The molecule has 0 aromatic carbocycles. The molecule has 0 atom stereocenters. The van der Waals surface area contributed by atoms with E-state index in [1.807, 2.05) is 0 Å². The molecule has 17 heavy (non-hydrogen) atoms. The molecule has 2 heterocycles. The Morgan fingerprint density at radius 2 is 2.18 bits per heavy atom. The normalized spacial score (nSPS) is 10.0. The van der Waals surface area contributed by atoms with Gasteiger partial charge in [0.15, 0.2) is 5.13 Å². The monoisotopic (exact) mass is 312 g/mol. The highest BCUT2D eigenvalue weighted by Crippen LogP contribution is 2.23. The lowest BCUT2D eigenvalue weighted by atomic mass is 10.3. The number of amides is 1. The zero-order valence-corrected chi connectivity index (χ0v) is 11.3. The van der Waals surface area contributed by atoms with Crippen LogP contribution < -0.4 is 10.6 Å². The minimum Gasteiger partial charge on any atom is -0.387 e. The molecule has 88 valence electrons. The van der Waals surface area contributed by atoms with Crippen LogP contribution in [0, 0.1) is 0 Å². The zero-order chi connectivity index (χ0) is 12.3. The summed E-state index contributed by atoms with van der Waals surface area (Å²) in [5.74, 6) is -0.269. The first-order valence-electron chi connectivity index (χ1n) is 4.75. The van der Waals surface area contributed by atoms with Crippen molar-refractivity contribution < 1.29 is 4.79 Å². The van der Waals surface area contributed by atoms with Crippen molar-refractivity contribution in [1.82, 2.24) is 9.97 Å². The van der Waals surface area contributed by atoms with Crippen LogP contribution in [0.5, 0.6) is 0 Å². The number of rotatable bonds is 3. The standard InChI is InChI=1S/C10H9BrN4OS/c1-12-6-2-3-7(13-4-6)9(16)15-10-14-5-8(11)17-10/h2-5,12H,1H3,(H,14,15,16). The first-order chi connectivity index (χ1) is 8.19. The number of anilines is 2. The summed E-state index contributed by atoms with van der Waals surface area (Å²) >= 11 is 4.63. The van der Waals surface area contributed by atoms with E-state index in [4.69, 9.17) is 0 Å². The van der Waals surface area contributed by atoms with E-state index >= 15 is 0 Å². The second-order valence-electron chi connectivity index (χ2n) is 3.11. The second kappa shape index (κ2) is 5.24. The van der Waals surface area contributed by atoms with Gasteiger partial charge >= 0.3 is 0 Å². The van der Waals surface area contributed by atoms with Gasteiger partial charge < -0.3 is 5.32 Å². The minimum absolute atomic E-state index is 0.269. The summed E-state index contributed by atoms with van der Waals surface area (Å²) in [5.41, 5.74) is 1.22. The van der Waals surface area contributed by atoms with Gasteiger partial charge in [-0.3, -0.25) is 10.1 Å². The van der Waals surface area contributed by atoms with Crippen LogP contribution in [0.15, 0.2) is 28.3 Å². The molecule has 5 nitrogen and oxygen atoms in total. The molecule has 0 bridgehead atoms. The molecule has 0 saturated carbocycles. The number of pyridine rings is 1. The van der Waals surface area contributed by atoms with E-state index in [2.05, 4.69) is 36.5 Å². The van der Waals surface area contributed by atoms with E-state index in [1.54, 1.807) is 31.6 Å².